The van der Waals surface area contributed by atoms with Crippen LogP contribution >= 0.6 is 0 Å². The predicted molar refractivity (Wildman–Crippen MR) is 88.0 cm³/mol. The molecule has 2 fully saturated rings. The maximum Gasteiger partial charge on any atom is 0.226 e. The molecule has 1 aromatic heterocycles. The number of nitrogens with zero attached hydrogens (tertiary/aromatic N) is 1. The summed E-state index contributed by atoms with van der Waals surface area (Å²) in [4.78, 5) is 26.8. The van der Waals surface area contributed by atoms with Crippen LogP contribution in [0.25, 0.3) is 0 Å². The minimum Gasteiger partial charge on any atom is -0.467 e. The molecule has 6 heteroatoms. The first-order chi connectivity index (χ1) is 11.7. The number of carbonyl (C=O) groups excluding carboxylic acids is 2. The summed E-state index contributed by atoms with van der Waals surface area (Å²) in [6.45, 7) is 0.262. The third-order valence-corrected chi connectivity index (χ3v) is 5.18. The molecule has 2 amide bonds. The minimum absolute atomic E-state index is 0.0839. The molecule has 3 rings (SSSR count). The molecule has 0 spiro atoms. The first-order valence-electron chi connectivity index (χ1n) is 8.93. The van der Waals surface area contributed by atoms with Crippen molar-refractivity contribution in [3.63, 3.8) is 0 Å². The highest BCUT2D eigenvalue weighted by Crippen LogP contribution is 2.28. The number of aliphatic hydroxyl groups is 1. The standard InChI is InChI=1S/C18H26N2O4/c21-12-15(16-8-5-9-24-16)19-18(23)13-10-17(22)20(11-13)14-6-3-1-2-4-7-14/h5,8-9,13-15,21H,1-4,6-7,10-12H2,(H,19,23). The number of aliphatic hydroxyl groups excluding tert-OH is 1. The van der Waals surface area contributed by atoms with E-state index < -0.39 is 6.04 Å². The van der Waals surface area contributed by atoms with Crippen LogP contribution in [-0.2, 0) is 9.59 Å². The molecule has 2 N–H and O–H groups in total. The van der Waals surface area contributed by atoms with Crippen molar-refractivity contribution in [1.29, 1.82) is 0 Å². The third-order valence-electron chi connectivity index (χ3n) is 5.18. The van der Waals surface area contributed by atoms with Crippen molar-refractivity contribution >= 4 is 11.8 Å². The Balaban J connectivity index is 1.59. The summed E-state index contributed by atoms with van der Waals surface area (Å²) in [6, 6.07) is 3.17. The Morgan fingerprint density at radius 1 is 1.33 bits per heavy atom. The predicted octanol–water partition coefficient (Wildman–Crippen LogP) is 2.00. The third kappa shape index (κ3) is 3.80. The maximum absolute atomic E-state index is 12.5. The quantitative estimate of drug-likeness (QED) is 0.807. The molecule has 0 bridgehead atoms. The van der Waals surface area contributed by atoms with Gasteiger partial charge in [-0.25, -0.2) is 0 Å². The van der Waals surface area contributed by atoms with Gasteiger partial charge in [-0.15, -0.1) is 0 Å². The van der Waals surface area contributed by atoms with Crippen LogP contribution in [0, 0.1) is 5.92 Å². The lowest BCUT2D eigenvalue weighted by Gasteiger charge is -2.27. The second-order valence-electron chi connectivity index (χ2n) is 6.85. The lowest BCUT2D eigenvalue weighted by atomic mass is 10.1. The van der Waals surface area contributed by atoms with Crippen LogP contribution in [0.5, 0.6) is 0 Å². The van der Waals surface area contributed by atoms with E-state index in [2.05, 4.69) is 5.32 Å². The van der Waals surface area contributed by atoms with E-state index in [1.807, 2.05) is 4.90 Å². The van der Waals surface area contributed by atoms with Gasteiger partial charge in [0.15, 0.2) is 0 Å². The normalized spacial score (nSPS) is 24.0. The Morgan fingerprint density at radius 2 is 2.08 bits per heavy atom. The number of hydrogen-bond acceptors (Lipinski definition) is 4. The smallest absolute Gasteiger partial charge is 0.226 e. The fraction of sp³-hybridized carbons (Fsp3) is 0.667. The van der Waals surface area contributed by atoms with Crippen LogP contribution in [-0.4, -0.2) is 41.0 Å². The molecule has 2 unspecified atom stereocenters. The zero-order valence-electron chi connectivity index (χ0n) is 13.9. The van der Waals surface area contributed by atoms with Crippen molar-refractivity contribution in [1.82, 2.24) is 10.2 Å². The SMILES string of the molecule is O=C(NC(CO)c1ccco1)C1CC(=O)N(C2CCCCCC2)C1. The van der Waals surface area contributed by atoms with Gasteiger partial charge in [-0.05, 0) is 25.0 Å². The number of likely N-dealkylation sites (tertiary alicyclic amines) is 1. The average Bonchev–Trinajstić information content (AvgIpc) is 3.16. The second kappa shape index (κ2) is 7.83. The van der Waals surface area contributed by atoms with Crippen molar-refractivity contribution in [2.45, 2.75) is 57.0 Å². The molecule has 2 heterocycles. The molecule has 1 saturated heterocycles. The molecule has 0 radical (unpaired) electrons. The van der Waals surface area contributed by atoms with E-state index in [1.165, 1.54) is 19.1 Å². The number of amides is 2. The largest absolute Gasteiger partial charge is 0.467 e. The molecule has 132 valence electrons. The van der Waals surface area contributed by atoms with Gasteiger partial charge in [0, 0.05) is 19.0 Å². The van der Waals surface area contributed by atoms with Crippen LogP contribution in [0.1, 0.15) is 56.7 Å². The van der Waals surface area contributed by atoms with E-state index in [0.717, 1.165) is 25.7 Å². The number of nitrogens with one attached hydrogen (secondary N) is 1. The Morgan fingerprint density at radius 3 is 2.71 bits per heavy atom. The molecule has 2 aliphatic rings. The van der Waals surface area contributed by atoms with E-state index in [4.69, 9.17) is 4.42 Å². The molecule has 0 aromatic carbocycles. The van der Waals surface area contributed by atoms with Gasteiger partial charge in [-0.1, -0.05) is 25.7 Å². The van der Waals surface area contributed by atoms with Gasteiger partial charge in [0.2, 0.25) is 11.8 Å². The van der Waals surface area contributed by atoms with E-state index in [9.17, 15) is 14.7 Å². The zero-order valence-corrected chi connectivity index (χ0v) is 13.9. The lowest BCUT2D eigenvalue weighted by Crippen LogP contribution is -2.39. The summed E-state index contributed by atoms with van der Waals surface area (Å²) in [7, 11) is 0. The van der Waals surface area contributed by atoms with Crippen molar-refractivity contribution in [2.75, 3.05) is 13.2 Å². The maximum atomic E-state index is 12.5. The number of rotatable bonds is 5. The highest BCUT2D eigenvalue weighted by Gasteiger charge is 2.38. The Labute approximate surface area is 142 Å². The van der Waals surface area contributed by atoms with E-state index in [1.54, 1.807) is 12.1 Å². The van der Waals surface area contributed by atoms with Crippen LogP contribution in [0.15, 0.2) is 22.8 Å². The Bertz CT molecular complexity index is 549. The Kier molecular flexibility index (Phi) is 5.56. The first kappa shape index (κ1) is 17.0. The summed E-state index contributed by atoms with van der Waals surface area (Å²) in [5.41, 5.74) is 0. The molecule has 1 aliphatic heterocycles. The summed E-state index contributed by atoms with van der Waals surface area (Å²) in [6.07, 6.45) is 8.67. The average molecular weight is 334 g/mol. The molecule has 1 aliphatic carbocycles. The van der Waals surface area contributed by atoms with Crippen molar-refractivity contribution in [3.8, 4) is 0 Å². The van der Waals surface area contributed by atoms with Gasteiger partial charge in [0.1, 0.15) is 11.8 Å². The van der Waals surface area contributed by atoms with E-state index in [-0.39, 0.29) is 36.8 Å². The van der Waals surface area contributed by atoms with E-state index >= 15 is 0 Å². The van der Waals surface area contributed by atoms with E-state index in [0.29, 0.717) is 12.3 Å². The fourth-order valence-corrected chi connectivity index (χ4v) is 3.82. The van der Waals surface area contributed by atoms with Gasteiger partial charge in [-0.3, -0.25) is 9.59 Å². The Hall–Kier alpha value is -1.82. The van der Waals surface area contributed by atoms with Crippen LogP contribution in [0.2, 0.25) is 0 Å². The summed E-state index contributed by atoms with van der Waals surface area (Å²) in [5.74, 6) is 0.0797. The topological polar surface area (TPSA) is 82.8 Å². The fourth-order valence-electron chi connectivity index (χ4n) is 3.82. The minimum atomic E-state index is -0.561. The van der Waals surface area contributed by atoms with Crippen molar-refractivity contribution < 1.29 is 19.1 Å². The molecule has 2 atom stereocenters. The number of furan rings is 1. The van der Waals surface area contributed by atoms with Crippen molar-refractivity contribution in [3.05, 3.63) is 24.2 Å². The van der Waals surface area contributed by atoms with Gasteiger partial charge >= 0.3 is 0 Å². The molecular formula is C18H26N2O4. The van der Waals surface area contributed by atoms with Crippen LogP contribution < -0.4 is 5.32 Å². The summed E-state index contributed by atoms with van der Waals surface area (Å²) < 4.78 is 5.25. The van der Waals surface area contributed by atoms with Crippen LogP contribution in [0.4, 0.5) is 0 Å². The summed E-state index contributed by atoms with van der Waals surface area (Å²) in [5, 5.41) is 12.3. The zero-order chi connectivity index (χ0) is 16.9. The number of hydrogen-bond donors (Lipinski definition) is 2. The molecular weight excluding hydrogens is 308 g/mol. The highest BCUT2D eigenvalue weighted by molar-refractivity contribution is 5.89. The lowest BCUT2D eigenvalue weighted by molar-refractivity contribution is -0.130. The van der Waals surface area contributed by atoms with Gasteiger partial charge in [0.05, 0.1) is 18.8 Å². The monoisotopic (exact) mass is 334 g/mol. The molecule has 1 aromatic rings. The van der Waals surface area contributed by atoms with Gasteiger partial charge in [-0.2, -0.15) is 0 Å². The van der Waals surface area contributed by atoms with Gasteiger partial charge in [0.25, 0.3) is 0 Å². The second-order valence-corrected chi connectivity index (χ2v) is 6.85. The summed E-state index contributed by atoms with van der Waals surface area (Å²) >= 11 is 0. The molecule has 6 nitrogen and oxygen atoms in total. The molecule has 1 saturated carbocycles. The van der Waals surface area contributed by atoms with Gasteiger partial charge < -0.3 is 19.7 Å². The molecule has 24 heavy (non-hydrogen) atoms. The van der Waals surface area contributed by atoms with Crippen molar-refractivity contribution in [2.24, 2.45) is 5.92 Å². The number of carbonyl (C=O) groups is 2. The highest BCUT2D eigenvalue weighted by atomic mass is 16.3. The van der Waals surface area contributed by atoms with Crippen LogP contribution in [0.3, 0.4) is 0 Å². The first-order valence-corrected chi connectivity index (χ1v) is 8.93.